The van der Waals surface area contributed by atoms with E-state index in [0.29, 0.717) is 16.7 Å². The molecule has 0 aliphatic rings. The third-order valence-corrected chi connectivity index (χ3v) is 2.81. The van der Waals surface area contributed by atoms with Gasteiger partial charge in [0, 0.05) is 10.5 Å². The fourth-order valence-corrected chi connectivity index (χ4v) is 1.80. The second-order valence-corrected chi connectivity index (χ2v) is 4.26. The van der Waals surface area contributed by atoms with E-state index in [1.807, 2.05) is 0 Å². The molecule has 0 bridgehead atoms. The van der Waals surface area contributed by atoms with Crippen LogP contribution in [-0.2, 0) is 12.7 Å². The predicted molar refractivity (Wildman–Crippen MR) is 67.6 cm³/mol. The van der Waals surface area contributed by atoms with Gasteiger partial charge in [-0.1, -0.05) is 36.4 Å². The molecule has 0 aliphatic heterocycles. The molecule has 0 N–H and O–H groups in total. The van der Waals surface area contributed by atoms with E-state index in [9.17, 15) is 23.3 Å². The van der Waals surface area contributed by atoms with Crippen molar-refractivity contribution in [2.45, 2.75) is 12.7 Å². The van der Waals surface area contributed by atoms with Crippen LogP contribution in [0.15, 0.2) is 48.5 Å². The summed E-state index contributed by atoms with van der Waals surface area (Å²) >= 11 is 0. The van der Waals surface area contributed by atoms with Gasteiger partial charge in [0.25, 0.3) is 0 Å². The van der Waals surface area contributed by atoms with E-state index in [1.165, 1.54) is 12.1 Å². The van der Waals surface area contributed by atoms with Gasteiger partial charge in [-0.15, -0.1) is 0 Å². The molecule has 0 saturated heterocycles. The third-order valence-electron chi connectivity index (χ3n) is 2.81. The number of halogens is 3. The zero-order valence-corrected chi connectivity index (χ0v) is 10.2. The molecule has 3 nitrogen and oxygen atoms in total. The summed E-state index contributed by atoms with van der Waals surface area (Å²) in [6.07, 6.45) is -4.35. The minimum Gasteiger partial charge on any atom is -0.264 e. The number of hydrogen-bond acceptors (Lipinski definition) is 2. The Morgan fingerprint density at radius 1 is 0.900 bits per heavy atom. The van der Waals surface area contributed by atoms with Gasteiger partial charge in [0.2, 0.25) is 6.54 Å². The molecule has 0 saturated carbocycles. The molecule has 0 aliphatic carbocycles. The molecule has 6 heteroatoms. The second kappa shape index (κ2) is 5.32. The summed E-state index contributed by atoms with van der Waals surface area (Å²) in [6.45, 7) is -0.271. The molecule has 20 heavy (non-hydrogen) atoms. The van der Waals surface area contributed by atoms with Crippen molar-refractivity contribution >= 4 is 0 Å². The number of hydrogen-bond donors (Lipinski definition) is 0. The maximum absolute atomic E-state index is 12.4. The molecule has 0 aromatic heterocycles. The molecule has 2 aromatic rings. The highest BCUT2D eigenvalue weighted by molar-refractivity contribution is 5.64. The van der Waals surface area contributed by atoms with Crippen LogP contribution in [0.5, 0.6) is 0 Å². The van der Waals surface area contributed by atoms with Crippen LogP contribution >= 0.6 is 0 Å². The van der Waals surface area contributed by atoms with E-state index in [1.54, 1.807) is 24.3 Å². The van der Waals surface area contributed by atoms with Gasteiger partial charge in [0.15, 0.2) is 0 Å². The Kier molecular flexibility index (Phi) is 3.74. The van der Waals surface area contributed by atoms with Gasteiger partial charge >= 0.3 is 6.18 Å². The average molecular weight is 281 g/mol. The van der Waals surface area contributed by atoms with Gasteiger partial charge in [-0.25, -0.2) is 0 Å². The van der Waals surface area contributed by atoms with Gasteiger partial charge in [-0.05, 0) is 23.3 Å². The van der Waals surface area contributed by atoms with E-state index < -0.39 is 16.7 Å². The molecular formula is C14H10F3NO2. The topological polar surface area (TPSA) is 43.1 Å². The monoisotopic (exact) mass is 281 g/mol. The molecule has 104 valence electrons. The lowest BCUT2D eigenvalue weighted by Gasteiger charge is -2.08. The first kappa shape index (κ1) is 14.0. The van der Waals surface area contributed by atoms with Crippen molar-refractivity contribution in [1.29, 1.82) is 0 Å². The van der Waals surface area contributed by atoms with Crippen LogP contribution < -0.4 is 0 Å². The Bertz CT molecular complexity index is 604. The van der Waals surface area contributed by atoms with E-state index in [4.69, 9.17) is 0 Å². The maximum Gasteiger partial charge on any atom is 0.416 e. The summed E-state index contributed by atoms with van der Waals surface area (Å²) in [6, 6.07) is 11.3. The van der Waals surface area contributed by atoms with Crippen molar-refractivity contribution in [3.05, 3.63) is 69.8 Å². The second-order valence-electron chi connectivity index (χ2n) is 4.26. The van der Waals surface area contributed by atoms with Gasteiger partial charge in [-0.3, -0.25) is 10.1 Å². The van der Waals surface area contributed by atoms with Crippen LogP contribution in [0.25, 0.3) is 11.1 Å². The summed E-state index contributed by atoms with van der Waals surface area (Å²) in [7, 11) is 0. The Balaban J connectivity index is 2.21. The highest BCUT2D eigenvalue weighted by atomic mass is 19.4. The lowest BCUT2D eigenvalue weighted by molar-refractivity contribution is -0.496. The minimum atomic E-state index is -4.35. The summed E-state index contributed by atoms with van der Waals surface area (Å²) in [5.41, 5.74) is 1.19. The minimum absolute atomic E-state index is 0.271. The van der Waals surface area contributed by atoms with Crippen LogP contribution in [-0.4, -0.2) is 4.92 Å². The summed E-state index contributed by atoms with van der Waals surface area (Å²) < 4.78 is 37.3. The molecule has 0 fully saturated rings. The first-order chi connectivity index (χ1) is 9.36. The van der Waals surface area contributed by atoms with Crippen LogP contribution in [0.1, 0.15) is 11.1 Å². The van der Waals surface area contributed by atoms with Crippen molar-refractivity contribution in [1.82, 2.24) is 0 Å². The van der Waals surface area contributed by atoms with Crippen LogP contribution in [0.3, 0.4) is 0 Å². The zero-order chi connectivity index (χ0) is 14.8. The first-order valence-electron chi connectivity index (χ1n) is 5.74. The SMILES string of the molecule is O=[N+]([O-])Cc1ccc(-c2ccc(C(F)(F)F)cc2)cc1. The lowest BCUT2D eigenvalue weighted by Crippen LogP contribution is -2.04. The van der Waals surface area contributed by atoms with Gasteiger partial charge in [0.05, 0.1) is 5.56 Å². The first-order valence-corrected chi connectivity index (χ1v) is 5.74. The summed E-state index contributed by atoms with van der Waals surface area (Å²) in [4.78, 5) is 9.92. The lowest BCUT2D eigenvalue weighted by atomic mass is 10.0. The van der Waals surface area contributed by atoms with Gasteiger partial charge in [0.1, 0.15) is 0 Å². The summed E-state index contributed by atoms with van der Waals surface area (Å²) in [5, 5.41) is 10.4. The molecule has 0 radical (unpaired) electrons. The number of alkyl halides is 3. The predicted octanol–water partition coefficient (Wildman–Crippen LogP) is 4.15. The Hall–Kier alpha value is -2.37. The number of benzene rings is 2. The third kappa shape index (κ3) is 3.34. The molecule has 0 unspecified atom stereocenters. The van der Waals surface area contributed by atoms with E-state index in [2.05, 4.69) is 0 Å². The standard InChI is InChI=1S/C14H10F3NO2/c15-14(16,17)13-7-5-12(6-8-13)11-3-1-10(2-4-11)9-18(19)20/h1-8H,9H2. The highest BCUT2D eigenvalue weighted by Gasteiger charge is 2.29. The van der Waals surface area contributed by atoms with Crippen molar-refractivity contribution in [2.24, 2.45) is 0 Å². The molecular weight excluding hydrogens is 271 g/mol. The maximum atomic E-state index is 12.4. The highest BCUT2D eigenvalue weighted by Crippen LogP contribution is 2.31. The van der Waals surface area contributed by atoms with Crippen molar-refractivity contribution in [3.63, 3.8) is 0 Å². The Morgan fingerprint density at radius 2 is 1.35 bits per heavy atom. The fraction of sp³-hybridized carbons (Fsp3) is 0.143. The number of rotatable bonds is 3. The number of nitrogens with zero attached hydrogens (tertiary/aromatic N) is 1. The van der Waals surface area contributed by atoms with E-state index in [-0.39, 0.29) is 6.54 Å². The zero-order valence-electron chi connectivity index (χ0n) is 10.2. The molecule has 0 atom stereocenters. The van der Waals surface area contributed by atoms with E-state index >= 15 is 0 Å². The molecule has 2 aromatic carbocycles. The Labute approximate surface area is 112 Å². The van der Waals surface area contributed by atoms with Crippen molar-refractivity contribution in [2.75, 3.05) is 0 Å². The molecule has 0 heterocycles. The fourth-order valence-electron chi connectivity index (χ4n) is 1.80. The Morgan fingerprint density at radius 3 is 1.75 bits per heavy atom. The summed E-state index contributed by atoms with van der Waals surface area (Å²) in [5.74, 6) is 0. The molecule has 0 amide bonds. The van der Waals surface area contributed by atoms with Crippen LogP contribution in [0.4, 0.5) is 13.2 Å². The van der Waals surface area contributed by atoms with Gasteiger partial charge in [-0.2, -0.15) is 13.2 Å². The van der Waals surface area contributed by atoms with E-state index in [0.717, 1.165) is 12.1 Å². The van der Waals surface area contributed by atoms with Crippen LogP contribution in [0, 0.1) is 10.1 Å². The number of nitro groups is 1. The molecule has 2 rings (SSSR count). The largest absolute Gasteiger partial charge is 0.416 e. The normalized spacial score (nSPS) is 11.3. The van der Waals surface area contributed by atoms with Gasteiger partial charge < -0.3 is 0 Å². The smallest absolute Gasteiger partial charge is 0.264 e. The quantitative estimate of drug-likeness (QED) is 0.626. The van der Waals surface area contributed by atoms with Crippen molar-refractivity contribution < 1.29 is 18.1 Å². The average Bonchev–Trinajstić information content (AvgIpc) is 2.38. The molecule has 0 spiro atoms. The van der Waals surface area contributed by atoms with Crippen molar-refractivity contribution in [3.8, 4) is 11.1 Å². The van der Waals surface area contributed by atoms with Crippen LogP contribution in [0.2, 0.25) is 0 Å².